The molecule has 0 atom stereocenters. The van der Waals surface area contributed by atoms with Crippen LogP contribution >= 0.6 is 0 Å². The summed E-state index contributed by atoms with van der Waals surface area (Å²) in [5, 5.41) is 0. The Morgan fingerprint density at radius 3 is 2.71 bits per heavy atom. The first-order valence-corrected chi connectivity index (χ1v) is 6.45. The Morgan fingerprint density at radius 2 is 2.00 bits per heavy atom. The van der Waals surface area contributed by atoms with Crippen molar-refractivity contribution in [2.75, 3.05) is 6.79 Å². The summed E-state index contributed by atoms with van der Waals surface area (Å²) in [6.07, 6.45) is 5.57. The number of ether oxygens (including phenoxy) is 2. The van der Waals surface area contributed by atoms with Gasteiger partial charge in [-0.1, -0.05) is 25.8 Å². The molecule has 0 unspecified atom stereocenters. The number of nitrogens with two attached hydrogens (primary N) is 1. The molecule has 3 rings (SSSR count). The number of fused-ring (bicyclic) bond motifs is 1. The zero-order valence-electron chi connectivity index (χ0n) is 10.3. The second-order valence-corrected chi connectivity index (χ2v) is 5.04. The summed E-state index contributed by atoms with van der Waals surface area (Å²) in [6, 6.07) is 4.14. The van der Waals surface area contributed by atoms with Crippen LogP contribution in [0.2, 0.25) is 0 Å². The molecule has 1 aliphatic carbocycles. The SMILES string of the molecule is CCc1c(C2(N)CCCC2)ccc2c1OCO2. The van der Waals surface area contributed by atoms with E-state index in [0.29, 0.717) is 6.79 Å². The third kappa shape index (κ3) is 1.61. The van der Waals surface area contributed by atoms with Crippen molar-refractivity contribution in [3.63, 3.8) is 0 Å². The van der Waals surface area contributed by atoms with Crippen LogP contribution in [-0.4, -0.2) is 6.79 Å². The van der Waals surface area contributed by atoms with E-state index in [9.17, 15) is 0 Å². The average Bonchev–Trinajstić information content (AvgIpc) is 2.96. The fourth-order valence-corrected chi connectivity index (χ4v) is 3.12. The molecule has 0 spiro atoms. The zero-order valence-corrected chi connectivity index (χ0v) is 10.3. The molecule has 0 saturated heterocycles. The van der Waals surface area contributed by atoms with Crippen molar-refractivity contribution in [3.05, 3.63) is 23.3 Å². The summed E-state index contributed by atoms with van der Waals surface area (Å²) in [7, 11) is 0. The van der Waals surface area contributed by atoms with Crippen molar-refractivity contribution in [3.8, 4) is 11.5 Å². The highest BCUT2D eigenvalue weighted by molar-refractivity contribution is 5.54. The van der Waals surface area contributed by atoms with E-state index in [1.807, 2.05) is 6.07 Å². The summed E-state index contributed by atoms with van der Waals surface area (Å²) < 4.78 is 11.0. The molecule has 1 aliphatic heterocycles. The van der Waals surface area contributed by atoms with E-state index < -0.39 is 0 Å². The molecule has 1 aromatic rings. The Balaban J connectivity index is 2.11. The van der Waals surface area contributed by atoms with Crippen LogP contribution in [0.4, 0.5) is 0 Å². The molecule has 0 amide bonds. The van der Waals surface area contributed by atoms with Gasteiger partial charge >= 0.3 is 0 Å². The number of rotatable bonds is 2. The summed E-state index contributed by atoms with van der Waals surface area (Å²) in [6.45, 7) is 2.49. The van der Waals surface area contributed by atoms with E-state index in [4.69, 9.17) is 15.2 Å². The predicted molar refractivity (Wildman–Crippen MR) is 66.3 cm³/mol. The molecule has 1 saturated carbocycles. The monoisotopic (exact) mass is 233 g/mol. The second kappa shape index (κ2) is 3.91. The van der Waals surface area contributed by atoms with Gasteiger partial charge in [-0.05, 0) is 30.9 Å². The van der Waals surface area contributed by atoms with Gasteiger partial charge in [0.2, 0.25) is 6.79 Å². The highest BCUT2D eigenvalue weighted by Crippen LogP contribution is 2.45. The Kier molecular flexibility index (Phi) is 2.51. The van der Waals surface area contributed by atoms with Gasteiger partial charge in [-0.25, -0.2) is 0 Å². The Bertz CT molecular complexity index is 436. The molecule has 17 heavy (non-hydrogen) atoms. The molecule has 0 radical (unpaired) electrons. The Labute approximate surface area is 102 Å². The van der Waals surface area contributed by atoms with Crippen LogP contribution in [0, 0.1) is 0 Å². The molecular formula is C14H19NO2. The molecule has 1 heterocycles. The third-order valence-corrected chi connectivity index (χ3v) is 4.03. The maximum atomic E-state index is 6.55. The van der Waals surface area contributed by atoms with Crippen LogP contribution < -0.4 is 15.2 Å². The van der Waals surface area contributed by atoms with Gasteiger partial charge < -0.3 is 15.2 Å². The minimum absolute atomic E-state index is 0.147. The first-order valence-electron chi connectivity index (χ1n) is 6.45. The number of hydrogen-bond donors (Lipinski definition) is 1. The molecule has 92 valence electrons. The number of hydrogen-bond acceptors (Lipinski definition) is 3. The Morgan fingerprint density at radius 1 is 1.24 bits per heavy atom. The molecule has 1 fully saturated rings. The quantitative estimate of drug-likeness (QED) is 0.854. The molecular weight excluding hydrogens is 214 g/mol. The Hall–Kier alpha value is -1.22. The van der Waals surface area contributed by atoms with E-state index in [1.165, 1.54) is 24.0 Å². The van der Waals surface area contributed by atoms with Gasteiger partial charge in [0.1, 0.15) is 0 Å². The van der Waals surface area contributed by atoms with Crippen LogP contribution in [0.5, 0.6) is 11.5 Å². The maximum Gasteiger partial charge on any atom is 0.231 e. The number of benzene rings is 1. The van der Waals surface area contributed by atoms with Crippen LogP contribution in [0.25, 0.3) is 0 Å². The van der Waals surface area contributed by atoms with Crippen molar-refractivity contribution in [2.45, 2.75) is 44.6 Å². The second-order valence-electron chi connectivity index (χ2n) is 5.04. The van der Waals surface area contributed by atoms with Gasteiger partial charge in [-0.2, -0.15) is 0 Å². The maximum absolute atomic E-state index is 6.55. The van der Waals surface area contributed by atoms with Crippen LogP contribution in [0.1, 0.15) is 43.7 Å². The van der Waals surface area contributed by atoms with E-state index in [-0.39, 0.29) is 5.54 Å². The van der Waals surface area contributed by atoms with E-state index in [2.05, 4.69) is 13.0 Å². The van der Waals surface area contributed by atoms with E-state index in [1.54, 1.807) is 0 Å². The average molecular weight is 233 g/mol. The fraction of sp³-hybridized carbons (Fsp3) is 0.571. The fourth-order valence-electron chi connectivity index (χ4n) is 3.12. The standard InChI is InChI=1S/C14H19NO2/c1-2-10-11(14(15)7-3-4-8-14)5-6-12-13(10)17-9-16-12/h5-6H,2-4,7-9,15H2,1H3. The van der Waals surface area contributed by atoms with Gasteiger partial charge in [0.25, 0.3) is 0 Å². The first kappa shape index (κ1) is 10.9. The van der Waals surface area contributed by atoms with Crippen molar-refractivity contribution in [1.82, 2.24) is 0 Å². The minimum atomic E-state index is -0.147. The highest BCUT2D eigenvalue weighted by Gasteiger charge is 2.35. The molecule has 2 N–H and O–H groups in total. The topological polar surface area (TPSA) is 44.5 Å². The van der Waals surface area contributed by atoms with Gasteiger partial charge in [0.15, 0.2) is 11.5 Å². The lowest BCUT2D eigenvalue weighted by molar-refractivity contribution is 0.173. The zero-order chi connectivity index (χ0) is 11.9. The molecule has 0 bridgehead atoms. The normalized spacial score (nSPS) is 20.8. The van der Waals surface area contributed by atoms with Gasteiger partial charge in [-0.3, -0.25) is 0 Å². The van der Waals surface area contributed by atoms with Gasteiger partial charge in [0, 0.05) is 11.1 Å². The largest absolute Gasteiger partial charge is 0.454 e. The lowest BCUT2D eigenvalue weighted by Gasteiger charge is -2.27. The summed E-state index contributed by atoms with van der Waals surface area (Å²) >= 11 is 0. The van der Waals surface area contributed by atoms with E-state index in [0.717, 1.165) is 30.8 Å². The van der Waals surface area contributed by atoms with E-state index >= 15 is 0 Å². The third-order valence-electron chi connectivity index (χ3n) is 4.03. The molecule has 3 nitrogen and oxygen atoms in total. The van der Waals surface area contributed by atoms with Crippen molar-refractivity contribution < 1.29 is 9.47 Å². The van der Waals surface area contributed by atoms with Gasteiger partial charge in [-0.15, -0.1) is 0 Å². The summed E-state index contributed by atoms with van der Waals surface area (Å²) in [5.41, 5.74) is 8.91. The molecule has 1 aromatic carbocycles. The van der Waals surface area contributed by atoms with Crippen molar-refractivity contribution >= 4 is 0 Å². The molecule has 0 aromatic heterocycles. The summed E-state index contributed by atoms with van der Waals surface area (Å²) in [5.74, 6) is 1.79. The van der Waals surface area contributed by atoms with Crippen LogP contribution in [0.3, 0.4) is 0 Å². The van der Waals surface area contributed by atoms with Gasteiger partial charge in [0.05, 0.1) is 0 Å². The summed E-state index contributed by atoms with van der Waals surface area (Å²) in [4.78, 5) is 0. The highest BCUT2D eigenvalue weighted by atomic mass is 16.7. The van der Waals surface area contributed by atoms with Crippen molar-refractivity contribution in [2.24, 2.45) is 5.73 Å². The lowest BCUT2D eigenvalue weighted by Crippen LogP contribution is -2.34. The lowest BCUT2D eigenvalue weighted by atomic mass is 9.84. The molecule has 3 heteroatoms. The van der Waals surface area contributed by atoms with Crippen LogP contribution in [0.15, 0.2) is 12.1 Å². The predicted octanol–water partition coefficient (Wildman–Crippen LogP) is 2.71. The van der Waals surface area contributed by atoms with Crippen molar-refractivity contribution in [1.29, 1.82) is 0 Å². The first-order chi connectivity index (χ1) is 8.24. The van der Waals surface area contributed by atoms with Crippen LogP contribution in [-0.2, 0) is 12.0 Å². The minimum Gasteiger partial charge on any atom is -0.454 e. The smallest absolute Gasteiger partial charge is 0.231 e. The molecule has 2 aliphatic rings.